The quantitative estimate of drug-likeness (QED) is 0.324. The van der Waals surface area contributed by atoms with E-state index >= 15 is 0 Å². The molecule has 0 aromatic heterocycles. The fourth-order valence-corrected chi connectivity index (χ4v) is 0. The first kappa shape index (κ1) is 1.40. The van der Waals surface area contributed by atoms with Gasteiger partial charge in [-0.2, -0.15) is 0 Å². The monoisotopic (exact) mass is 64.0 g/mol. The fourth-order valence-electron chi connectivity index (χ4n) is 0. The highest BCUT2D eigenvalue weighted by Gasteiger charge is 1.92. The average molecular weight is 63.8 g/mol. The van der Waals surface area contributed by atoms with E-state index in [0.29, 0.717) is 0 Å². The lowest BCUT2D eigenvalue weighted by atomic mass is 10.3. The van der Waals surface area contributed by atoms with Gasteiger partial charge in [-0.3, -0.25) is 0 Å². The smallest absolute Gasteiger partial charge is 0.402 e. The van der Waals surface area contributed by atoms with Gasteiger partial charge >= 0.3 is 7.32 Å². The van der Waals surface area contributed by atoms with Gasteiger partial charge in [-0.25, -0.2) is 0 Å². The Morgan fingerprint density at radius 1 is 1.75 bits per heavy atom. The van der Waals surface area contributed by atoms with Gasteiger partial charge in [-0.15, -0.1) is 0 Å². The van der Waals surface area contributed by atoms with E-state index in [1.165, 1.54) is 0 Å². The zero-order valence-corrected chi connectivity index (χ0v) is 1.84. The molecule has 0 rings (SSSR count). The van der Waals surface area contributed by atoms with E-state index in [1.807, 2.05) is 0 Å². The standard InChI is InChI=1S/BH3O3/c2-1(3)4/h2-4H/i2D,3D. The maximum absolute atomic E-state index is 7.85. The molecule has 0 aliphatic rings. The van der Waals surface area contributed by atoms with Gasteiger partial charge in [0.2, 0.25) is 0 Å². The normalized spacial score (nSPS) is 13.2. The van der Waals surface area contributed by atoms with Crippen LogP contribution in [0, 0.1) is 0 Å². The molecule has 4 heavy (non-hydrogen) atoms. The Kier molecular flexibility index (Phi) is 0.449. The molecule has 3 N–H and O–H groups in total. The SMILES string of the molecule is [2H]OB(O)O[2H]. The second-order valence-electron chi connectivity index (χ2n) is 0.307. The molecule has 0 saturated carbocycles. The van der Waals surface area contributed by atoms with Gasteiger partial charge in [0.05, 0.1) is 0 Å². The molecule has 24 valence electrons. The fraction of sp³-hybridized carbons (Fsp3) is 0. The summed E-state index contributed by atoms with van der Waals surface area (Å²) in [6, 6.07) is 0. The Labute approximate surface area is 26.7 Å². The average Bonchev–Trinajstić information content (AvgIpc) is 1.65. The summed E-state index contributed by atoms with van der Waals surface area (Å²) in [5.41, 5.74) is 0. The van der Waals surface area contributed by atoms with Gasteiger partial charge in [0.1, 0.15) is 0 Å². The minimum absolute atomic E-state index is 1.73. The van der Waals surface area contributed by atoms with Crippen LogP contribution in [-0.4, -0.2) is 25.3 Å². The molecule has 0 amide bonds. The largest absolute Gasteiger partial charge is 0.631 e. The third kappa shape index (κ3) is 573. The second-order valence-corrected chi connectivity index (χ2v) is 0.307. The number of rotatable bonds is 2. The Morgan fingerprint density at radius 3 is 2.25 bits per heavy atom. The van der Waals surface area contributed by atoms with Crippen molar-refractivity contribution in [1.82, 2.24) is 0 Å². The Balaban J connectivity index is 2.75. The minimum atomic E-state index is -1.73. The Hall–Kier alpha value is -0.0551. The first-order valence-corrected chi connectivity index (χ1v) is 0.730. The van der Waals surface area contributed by atoms with Gasteiger partial charge < -0.3 is 15.1 Å². The maximum atomic E-state index is 7.85. The van der Waals surface area contributed by atoms with E-state index in [4.69, 9.17) is 7.89 Å². The summed E-state index contributed by atoms with van der Waals surface area (Å²) in [4.78, 5) is 0. The van der Waals surface area contributed by atoms with Crippen LogP contribution in [0.15, 0.2) is 0 Å². The van der Waals surface area contributed by atoms with Crippen LogP contribution >= 0.6 is 0 Å². The lowest BCUT2D eigenvalue weighted by Crippen LogP contribution is -2.07. The van der Waals surface area contributed by atoms with Crippen LogP contribution in [0.4, 0.5) is 0 Å². The Morgan fingerprint density at radius 2 is 2.25 bits per heavy atom. The number of hydrogen-bond acceptors (Lipinski definition) is 3. The molecule has 0 spiro atoms. The van der Waals surface area contributed by atoms with Crippen molar-refractivity contribution in [2.75, 3.05) is 0 Å². The van der Waals surface area contributed by atoms with Crippen molar-refractivity contribution in [3.8, 4) is 0 Å². The highest BCUT2D eigenvalue weighted by Crippen LogP contribution is 1.40. The van der Waals surface area contributed by atoms with Gasteiger partial charge in [-0.1, -0.05) is 0 Å². The lowest BCUT2D eigenvalue weighted by Gasteiger charge is -1.69. The summed E-state index contributed by atoms with van der Waals surface area (Å²) in [5, 5.41) is 14.4. The van der Waals surface area contributed by atoms with Crippen LogP contribution in [0.2, 0.25) is 0 Å². The van der Waals surface area contributed by atoms with E-state index in [2.05, 4.69) is 10.1 Å². The first-order valence-electron chi connectivity index (χ1n) is 1.55. The predicted molar refractivity (Wildman–Crippen MR) is 12.4 cm³/mol. The van der Waals surface area contributed by atoms with Crippen LogP contribution in [0.1, 0.15) is 0 Å². The molecule has 0 saturated heterocycles. The predicted octanol–water partition coefficient (Wildman–Crippen LogP) is -2.05. The van der Waals surface area contributed by atoms with E-state index in [-0.39, 0.29) is 0 Å². The molecule has 4 heteroatoms. The highest BCUT2D eigenvalue weighted by molar-refractivity contribution is 6.30. The molecular weight excluding hydrogens is 58.8 g/mol. The highest BCUT2D eigenvalue weighted by atomic mass is 16.5. The van der Waals surface area contributed by atoms with Crippen molar-refractivity contribution in [2.45, 2.75) is 0 Å². The van der Waals surface area contributed by atoms with E-state index in [1.54, 1.807) is 0 Å². The van der Waals surface area contributed by atoms with Gasteiger partial charge in [0.25, 0.3) is 0 Å². The van der Waals surface area contributed by atoms with Crippen molar-refractivity contribution in [3.05, 3.63) is 0 Å². The van der Waals surface area contributed by atoms with Crippen LogP contribution < -0.4 is 0 Å². The Bertz CT molecular complexity index is 28.0. The van der Waals surface area contributed by atoms with E-state index in [9.17, 15) is 0 Å². The van der Waals surface area contributed by atoms with Crippen molar-refractivity contribution >= 4 is 7.32 Å². The van der Waals surface area contributed by atoms with Crippen LogP contribution in [0.3, 0.4) is 0 Å². The van der Waals surface area contributed by atoms with Gasteiger partial charge in [0.15, 0.2) is 2.86 Å². The van der Waals surface area contributed by atoms with Crippen molar-refractivity contribution in [2.24, 2.45) is 0 Å². The van der Waals surface area contributed by atoms with E-state index < -0.39 is 7.32 Å². The summed E-state index contributed by atoms with van der Waals surface area (Å²) < 4.78 is 11.6. The molecule has 0 aliphatic carbocycles. The van der Waals surface area contributed by atoms with Crippen molar-refractivity contribution in [1.29, 1.82) is 2.86 Å². The van der Waals surface area contributed by atoms with Crippen LogP contribution in [0.25, 0.3) is 0 Å². The molecule has 0 unspecified atom stereocenters. The first-order chi connectivity index (χ1) is 2.81. The third-order valence-electron chi connectivity index (χ3n) is 0. The van der Waals surface area contributed by atoms with E-state index in [0.717, 1.165) is 0 Å². The zero-order valence-electron chi connectivity index (χ0n) is 3.84. The molecule has 0 fully saturated rings. The molecule has 0 heterocycles. The molecule has 0 aromatic rings. The number of hydrogen-bond donors (Lipinski definition) is 3. The van der Waals surface area contributed by atoms with Crippen molar-refractivity contribution in [3.63, 3.8) is 0 Å². The molecular formula is H3BO3. The molecule has 0 aromatic carbocycles. The lowest BCUT2D eigenvalue weighted by molar-refractivity contribution is 0.278. The topological polar surface area (TPSA) is 60.7 Å². The second kappa shape index (κ2) is 1.28. The zero-order chi connectivity index (χ0) is 4.99. The van der Waals surface area contributed by atoms with Crippen LogP contribution in [-0.2, 0) is 0 Å². The summed E-state index contributed by atoms with van der Waals surface area (Å²) in [6.45, 7) is 0. The summed E-state index contributed by atoms with van der Waals surface area (Å²) in [7, 11) is -1.73. The molecule has 0 bridgehead atoms. The summed E-state index contributed by atoms with van der Waals surface area (Å²) >= 11 is 0. The van der Waals surface area contributed by atoms with Gasteiger partial charge in [-0.05, 0) is 0 Å². The van der Waals surface area contributed by atoms with Crippen LogP contribution in [0.5, 0.6) is 0 Å². The van der Waals surface area contributed by atoms with Crippen molar-refractivity contribution < 1.29 is 15.1 Å². The third-order valence-corrected chi connectivity index (χ3v) is 0. The minimum Gasteiger partial charge on any atom is -0.402 e. The summed E-state index contributed by atoms with van der Waals surface area (Å²) in [5.74, 6) is 0. The molecule has 3 nitrogen and oxygen atoms in total. The summed E-state index contributed by atoms with van der Waals surface area (Å²) in [6.07, 6.45) is 0. The molecule has 0 radical (unpaired) electrons. The maximum Gasteiger partial charge on any atom is 0.631 e. The van der Waals surface area contributed by atoms with Gasteiger partial charge in [0, 0.05) is 0 Å². The molecule has 0 aliphatic heterocycles. The molecule has 0 atom stereocenters.